The summed E-state index contributed by atoms with van der Waals surface area (Å²) in [5, 5.41) is 7.94. The molecule has 2 saturated carbocycles. The SMILES string of the molecule is C=CCC1CCC2C=CC=CC21.CCCCC1CCCC1.CC[N-]CC.CC[N-]CC.[CH3-].[CH3-].[Zr+4]. The van der Waals surface area contributed by atoms with Crippen LogP contribution in [0.25, 0.3) is 10.6 Å². The zero-order valence-electron chi connectivity index (χ0n) is 24.2. The van der Waals surface area contributed by atoms with E-state index in [-0.39, 0.29) is 41.1 Å². The molecule has 2 nitrogen and oxygen atoms in total. The average molecular weight is 552 g/mol. The molecule has 34 heavy (non-hydrogen) atoms. The normalized spacial score (nSPS) is 21.5. The van der Waals surface area contributed by atoms with Crippen LogP contribution in [-0.2, 0) is 26.2 Å². The summed E-state index contributed by atoms with van der Waals surface area (Å²) in [5.74, 6) is 3.63. The van der Waals surface area contributed by atoms with Crippen LogP contribution < -0.4 is 0 Å². The summed E-state index contributed by atoms with van der Waals surface area (Å²) in [6.07, 6.45) is 25.6. The van der Waals surface area contributed by atoms with E-state index in [1.165, 1.54) is 64.2 Å². The summed E-state index contributed by atoms with van der Waals surface area (Å²) in [6.45, 7) is 18.2. The number of unbranched alkanes of at least 4 members (excludes halogenated alkanes) is 1. The van der Waals surface area contributed by atoms with Crippen molar-refractivity contribution in [2.24, 2.45) is 23.7 Å². The van der Waals surface area contributed by atoms with Crippen molar-refractivity contribution in [1.29, 1.82) is 0 Å². The van der Waals surface area contributed by atoms with E-state index in [9.17, 15) is 0 Å². The summed E-state index contributed by atoms with van der Waals surface area (Å²) in [7, 11) is 0. The standard InChI is InChI=1S/C12H16.C9H18.2C4H10N.2CH3.Zr/c1-2-5-10-8-9-11-6-3-4-7-12(10)11;1-2-3-6-9-7-4-5-8-9;2*1-3-5-4-2;;;/h2-4,6-7,10-12H,1,5,8-9H2;9H,2-8H2,1H3;2*3-4H2,1-2H3;2*1H3;/q;;4*-1;+4. The first-order valence-corrected chi connectivity index (χ1v) is 13.4. The van der Waals surface area contributed by atoms with Gasteiger partial charge < -0.3 is 25.5 Å². The van der Waals surface area contributed by atoms with E-state index >= 15 is 0 Å². The Morgan fingerprint density at radius 3 is 1.76 bits per heavy atom. The quantitative estimate of drug-likeness (QED) is 0.201. The first kappa shape index (κ1) is 41.2. The second-order valence-corrected chi connectivity index (χ2v) is 8.88. The van der Waals surface area contributed by atoms with Gasteiger partial charge in [-0.3, -0.25) is 0 Å². The summed E-state index contributed by atoms with van der Waals surface area (Å²) in [4.78, 5) is 0. The van der Waals surface area contributed by atoms with E-state index < -0.39 is 0 Å². The molecular formula is C31H60N2Zr. The molecule has 3 rings (SSSR count). The predicted molar refractivity (Wildman–Crippen MR) is 156 cm³/mol. The van der Waals surface area contributed by atoms with Crippen molar-refractivity contribution >= 4 is 0 Å². The molecular weight excluding hydrogens is 492 g/mol. The maximum atomic E-state index is 3.97. The van der Waals surface area contributed by atoms with Crippen LogP contribution in [0.4, 0.5) is 0 Å². The van der Waals surface area contributed by atoms with Gasteiger partial charge in [-0.05, 0) is 42.9 Å². The van der Waals surface area contributed by atoms with Crippen molar-refractivity contribution in [3.05, 3.63) is 62.4 Å². The minimum absolute atomic E-state index is 0. The minimum atomic E-state index is 0. The first-order valence-electron chi connectivity index (χ1n) is 13.4. The molecule has 0 amide bonds. The second-order valence-electron chi connectivity index (χ2n) is 8.88. The molecule has 0 aromatic carbocycles. The smallest absolute Gasteiger partial charge is 0.663 e. The maximum Gasteiger partial charge on any atom is 4.00 e. The van der Waals surface area contributed by atoms with Gasteiger partial charge in [-0.1, -0.05) is 110 Å². The molecule has 0 aromatic heterocycles. The van der Waals surface area contributed by atoms with Gasteiger partial charge in [-0.2, -0.15) is 26.2 Å². The monoisotopic (exact) mass is 550 g/mol. The van der Waals surface area contributed by atoms with Crippen LogP contribution >= 0.6 is 0 Å². The zero-order valence-corrected chi connectivity index (χ0v) is 26.7. The third-order valence-corrected chi connectivity index (χ3v) is 6.52. The minimum Gasteiger partial charge on any atom is -0.663 e. The van der Waals surface area contributed by atoms with Crippen molar-refractivity contribution in [3.63, 3.8) is 0 Å². The predicted octanol–water partition coefficient (Wildman–Crippen LogP) is 10.4. The Labute approximate surface area is 236 Å². The Morgan fingerprint density at radius 1 is 0.794 bits per heavy atom. The molecule has 0 spiro atoms. The summed E-state index contributed by atoms with van der Waals surface area (Å²) < 4.78 is 0. The molecule has 3 heteroatoms. The molecule has 3 aliphatic rings. The van der Waals surface area contributed by atoms with Crippen molar-refractivity contribution in [2.45, 2.75) is 98.8 Å². The molecule has 3 aliphatic carbocycles. The number of nitrogens with zero attached hydrogens (tertiary/aromatic N) is 2. The molecule has 3 unspecified atom stereocenters. The molecule has 0 saturated heterocycles. The van der Waals surface area contributed by atoms with Crippen LogP contribution in [0.2, 0.25) is 0 Å². The second kappa shape index (κ2) is 31.1. The van der Waals surface area contributed by atoms with Crippen molar-refractivity contribution in [3.8, 4) is 0 Å². The number of hydrogen-bond acceptors (Lipinski definition) is 0. The molecule has 0 aromatic rings. The van der Waals surface area contributed by atoms with Crippen molar-refractivity contribution < 1.29 is 26.2 Å². The van der Waals surface area contributed by atoms with Gasteiger partial charge >= 0.3 is 26.2 Å². The molecule has 0 N–H and O–H groups in total. The molecule has 2 fully saturated rings. The van der Waals surface area contributed by atoms with Crippen LogP contribution in [0.15, 0.2) is 37.0 Å². The van der Waals surface area contributed by atoms with Gasteiger partial charge in [0.2, 0.25) is 0 Å². The molecule has 0 aliphatic heterocycles. The van der Waals surface area contributed by atoms with Gasteiger partial charge in [-0.25, -0.2) is 0 Å². The van der Waals surface area contributed by atoms with Crippen molar-refractivity contribution in [1.82, 2.24) is 0 Å². The fourth-order valence-corrected chi connectivity index (χ4v) is 4.79. The van der Waals surface area contributed by atoms with Gasteiger partial charge in [0.05, 0.1) is 0 Å². The molecule has 198 valence electrons. The van der Waals surface area contributed by atoms with Crippen LogP contribution in [0.3, 0.4) is 0 Å². The van der Waals surface area contributed by atoms with E-state index in [4.69, 9.17) is 0 Å². The van der Waals surface area contributed by atoms with E-state index in [2.05, 4.69) is 54.5 Å². The number of rotatable bonds is 9. The Kier molecular flexibility index (Phi) is 37.6. The van der Waals surface area contributed by atoms with Crippen molar-refractivity contribution in [2.75, 3.05) is 26.2 Å². The van der Waals surface area contributed by atoms with Crippen LogP contribution in [0.1, 0.15) is 98.8 Å². The molecule has 0 heterocycles. The van der Waals surface area contributed by atoms with Crippen LogP contribution in [-0.4, -0.2) is 26.2 Å². The van der Waals surface area contributed by atoms with E-state index in [1.54, 1.807) is 0 Å². The zero-order chi connectivity index (χ0) is 23.2. The summed E-state index contributed by atoms with van der Waals surface area (Å²) in [5.41, 5.74) is 0. The van der Waals surface area contributed by atoms with Gasteiger partial charge in [0.25, 0.3) is 0 Å². The Hall–Kier alpha value is 0.0231. The largest absolute Gasteiger partial charge is 4.00 e. The topological polar surface area (TPSA) is 28.2 Å². The Bertz CT molecular complexity index is 431. The van der Waals surface area contributed by atoms with Gasteiger partial charge in [0.1, 0.15) is 0 Å². The van der Waals surface area contributed by atoms with E-state index in [1.807, 2.05) is 27.7 Å². The first-order chi connectivity index (χ1) is 15.2. The fraction of sp³-hybridized carbons (Fsp3) is 0.742. The average Bonchev–Trinajstić information content (AvgIpc) is 3.46. The molecule has 0 bridgehead atoms. The summed E-state index contributed by atoms with van der Waals surface area (Å²) in [6, 6.07) is 0. The molecule has 0 radical (unpaired) electrons. The maximum absolute atomic E-state index is 3.97. The van der Waals surface area contributed by atoms with E-state index in [0.29, 0.717) is 0 Å². The molecule has 3 atom stereocenters. The number of hydrogen-bond donors (Lipinski definition) is 0. The number of fused-ring (bicyclic) bond motifs is 1. The van der Waals surface area contributed by atoms with E-state index in [0.717, 1.165) is 49.9 Å². The Balaban J connectivity index is -0.000000184. The third-order valence-electron chi connectivity index (χ3n) is 6.52. The van der Waals surface area contributed by atoms with Gasteiger partial charge in [-0.15, -0.1) is 6.58 Å². The summed E-state index contributed by atoms with van der Waals surface area (Å²) >= 11 is 0. The fourth-order valence-electron chi connectivity index (χ4n) is 4.79. The Morgan fingerprint density at radius 2 is 1.32 bits per heavy atom. The van der Waals surface area contributed by atoms with Crippen LogP contribution in [0, 0.1) is 38.5 Å². The third kappa shape index (κ3) is 21.3. The van der Waals surface area contributed by atoms with Crippen LogP contribution in [0.5, 0.6) is 0 Å². The van der Waals surface area contributed by atoms with Gasteiger partial charge in [0.15, 0.2) is 0 Å². The number of allylic oxidation sites excluding steroid dienone is 5. The van der Waals surface area contributed by atoms with Gasteiger partial charge in [0, 0.05) is 0 Å².